The Morgan fingerprint density at radius 3 is 2.73 bits per heavy atom. The van der Waals surface area contributed by atoms with Crippen molar-refractivity contribution in [2.75, 3.05) is 13.1 Å². The summed E-state index contributed by atoms with van der Waals surface area (Å²) in [5, 5.41) is 14.8. The number of carbonyl (C=O) groups is 1. The van der Waals surface area contributed by atoms with Crippen LogP contribution < -0.4 is 5.32 Å². The van der Waals surface area contributed by atoms with Crippen molar-refractivity contribution < 1.29 is 9.44 Å². The minimum Gasteiger partial charge on any atom is -0.624 e. The molecule has 1 N–H and O–H groups in total. The van der Waals surface area contributed by atoms with Gasteiger partial charge in [0.05, 0.1) is 6.54 Å². The van der Waals surface area contributed by atoms with E-state index >= 15 is 0 Å². The van der Waals surface area contributed by atoms with Gasteiger partial charge in [0.25, 0.3) is 0 Å². The number of hydrogen-bond acceptors (Lipinski definition) is 2. The van der Waals surface area contributed by atoms with Crippen LogP contribution in [0.4, 0.5) is 4.79 Å². The maximum atomic E-state index is 12.1. The van der Waals surface area contributed by atoms with Crippen LogP contribution >= 0.6 is 0 Å². The van der Waals surface area contributed by atoms with Gasteiger partial charge < -0.3 is 10.5 Å². The molecule has 1 saturated heterocycles. The number of carbonyl (C=O) groups excluding carboxylic acids is 1. The zero-order valence-corrected chi connectivity index (χ0v) is 8.48. The van der Waals surface area contributed by atoms with Gasteiger partial charge in [0.15, 0.2) is 0 Å². The fraction of sp³-hybridized carbons (Fsp3) is 0.364. The Hall–Kier alpha value is -1.39. The molecular weight excluding hydrogens is 192 g/mol. The van der Waals surface area contributed by atoms with E-state index in [9.17, 15) is 10.0 Å². The van der Waals surface area contributed by atoms with E-state index in [1.165, 1.54) is 0 Å². The molecule has 0 radical (unpaired) electrons. The molecule has 1 aromatic rings. The molecule has 1 aliphatic rings. The van der Waals surface area contributed by atoms with E-state index in [0.29, 0.717) is 13.1 Å². The molecule has 2 amide bonds. The second kappa shape index (κ2) is 4.00. The molecule has 0 bridgehead atoms. The Labute approximate surface area is 88.7 Å². The van der Waals surface area contributed by atoms with Crippen molar-refractivity contribution in [3.63, 3.8) is 0 Å². The van der Waals surface area contributed by atoms with Crippen molar-refractivity contribution in [1.29, 1.82) is 0 Å². The van der Waals surface area contributed by atoms with E-state index in [1.807, 2.05) is 30.3 Å². The summed E-state index contributed by atoms with van der Waals surface area (Å²) in [6.07, 6.45) is 0.752. The first-order chi connectivity index (χ1) is 7.21. The minimum absolute atomic E-state index is 0.229. The quantitative estimate of drug-likeness (QED) is 0.590. The van der Waals surface area contributed by atoms with Crippen molar-refractivity contribution in [3.8, 4) is 0 Å². The number of nitrogens with zero attached hydrogens (tertiary/aromatic N) is 1. The second-order valence-electron chi connectivity index (χ2n) is 3.84. The summed E-state index contributed by atoms with van der Waals surface area (Å²) >= 11 is 0. The molecule has 0 saturated carbocycles. The lowest BCUT2D eigenvalue weighted by molar-refractivity contribution is -0.817. The summed E-state index contributed by atoms with van der Waals surface area (Å²) < 4.78 is -0.774. The molecule has 4 heteroatoms. The highest BCUT2D eigenvalue weighted by Gasteiger charge is 2.30. The topological polar surface area (TPSA) is 52.2 Å². The van der Waals surface area contributed by atoms with Gasteiger partial charge in [-0.25, -0.2) is 4.79 Å². The van der Waals surface area contributed by atoms with Crippen molar-refractivity contribution in [2.45, 2.75) is 13.0 Å². The maximum Gasteiger partial charge on any atom is 0.416 e. The molecule has 1 fully saturated rings. The second-order valence-corrected chi connectivity index (χ2v) is 3.84. The normalized spacial score (nSPS) is 26.1. The van der Waals surface area contributed by atoms with E-state index in [4.69, 9.17) is 0 Å². The maximum absolute atomic E-state index is 12.1. The van der Waals surface area contributed by atoms with Crippen LogP contribution in [-0.4, -0.2) is 23.8 Å². The number of benzene rings is 1. The SMILES string of the molecule is O=C1NCCC[N+]1([O-])Cc1ccccc1. The zero-order valence-electron chi connectivity index (χ0n) is 8.48. The van der Waals surface area contributed by atoms with Crippen LogP contribution in [0.2, 0.25) is 0 Å². The predicted octanol–water partition coefficient (Wildman–Crippen LogP) is 1.61. The third kappa shape index (κ3) is 2.16. The first kappa shape index (κ1) is 10.1. The van der Waals surface area contributed by atoms with Crippen LogP contribution in [-0.2, 0) is 6.54 Å². The van der Waals surface area contributed by atoms with Gasteiger partial charge in [0.2, 0.25) is 0 Å². The molecule has 80 valence electrons. The molecule has 1 unspecified atom stereocenters. The summed E-state index contributed by atoms with van der Waals surface area (Å²) in [6, 6.07) is 8.99. The van der Waals surface area contributed by atoms with E-state index in [0.717, 1.165) is 12.0 Å². The van der Waals surface area contributed by atoms with Crippen LogP contribution in [0.1, 0.15) is 12.0 Å². The smallest absolute Gasteiger partial charge is 0.416 e. The predicted molar refractivity (Wildman–Crippen MR) is 56.7 cm³/mol. The molecule has 1 aromatic carbocycles. The monoisotopic (exact) mass is 206 g/mol. The fourth-order valence-electron chi connectivity index (χ4n) is 1.80. The van der Waals surface area contributed by atoms with Crippen LogP contribution in [0, 0.1) is 5.21 Å². The average Bonchev–Trinajstić information content (AvgIpc) is 2.24. The van der Waals surface area contributed by atoms with E-state index in [-0.39, 0.29) is 6.54 Å². The summed E-state index contributed by atoms with van der Waals surface area (Å²) in [7, 11) is 0. The molecule has 1 atom stereocenters. The summed E-state index contributed by atoms with van der Waals surface area (Å²) in [4.78, 5) is 11.5. The Bertz CT molecular complexity index is 353. The van der Waals surface area contributed by atoms with Crippen molar-refractivity contribution in [1.82, 2.24) is 5.32 Å². The van der Waals surface area contributed by atoms with Gasteiger partial charge in [-0.2, -0.15) is 0 Å². The van der Waals surface area contributed by atoms with Crippen molar-refractivity contribution in [3.05, 3.63) is 41.1 Å². The van der Waals surface area contributed by atoms with Gasteiger partial charge in [-0.3, -0.25) is 4.65 Å². The Balaban J connectivity index is 2.13. The summed E-state index contributed by atoms with van der Waals surface area (Å²) in [5.41, 5.74) is 0.907. The van der Waals surface area contributed by atoms with Crippen LogP contribution in [0.5, 0.6) is 0 Å². The number of hydrogen-bond donors (Lipinski definition) is 1. The lowest BCUT2D eigenvalue weighted by Crippen LogP contribution is -2.57. The number of amides is 2. The Morgan fingerprint density at radius 2 is 2.07 bits per heavy atom. The molecule has 2 rings (SSSR count). The van der Waals surface area contributed by atoms with Gasteiger partial charge in [-0.05, 0) is 0 Å². The third-order valence-corrected chi connectivity index (χ3v) is 2.62. The molecule has 4 nitrogen and oxygen atoms in total. The van der Waals surface area contributed by atoms with E-state index in [2.05, 4.69) is 5.32 Å². The average molecular weight is 206 g/mol. The highest BCUT2D eigenvalue weighted by Crippen LogP contribution is 2.16. The number of nitrogens with one attached hydrogen (secondary N) is 1. The first-order valence-corrected chi connectivity index (χ1v) is 5.11. The molecule has 0 spiro atoms. The lowest BCUT2D eigenvalue weighted by Gasteiger charge is -2.41. The summed E-state index contributed by atoms with van der Waals surface area (Å²) in [6.45, 7) is 1.23. The molecular formula is C11H14N2O2. The van der Waals surface area contributed by atoms with Gasteiger partial charge in [-0.15, -0.1) is 0 Å². The van der Waals surface area contributed by atoms with Crippen molar-refractivity contribution >= 4 is 6.03 Å². The van der Waals surface area contributed by atoms with Gasteiger partial charge in [0.1, 0.15) is 6.54 Å². The molecule has 1 aliphatic heterocycles. The van der Waals surface area contributed by atoms with Crippen LogP contribution in [0.15, 0.2) is 30.3 Å². The Morgan fingerprint density at radius 1 is 1.33 bits per heavy atom. The number of quaternary nitrogens is 1. The van der Waals surface area contributed by atoms with Crippen LogP contribution in [0.3, 0.4) is 0 Å². The van der Waals surface area contributed by atoms with Gasteiger partial charge in [-0.1, -0.05) is 30.3 Å². The van der Waals surface area contributed by atoms with Crippen LogP contribution in [0.25, 0.3) is 0 Å². The highest BCUT2D eigenvalue weighted by atomic mass is 16.6. The summed E-state index contributed by atoms with van der Waals surface area (Å²) in [5.74, 6) is 0. The first-order valence-electron chi connectivity index (χ1n) is 5.11. The third-order valence-electron chi connectivity index (χ3n) is 2.62. The van der Waals surface area contributed by atoms with E-state index in [1.54, 1.807) is 0 Å². The lowest BCUT2D eigenvalue weighted by atomic mass is 10.2. The largest absolute Gasteiger partial charge is 0.624 e. The Kier molecular flexibility index (Phi) is 2.70. The molecule has 15 heavy (non-hydrogen) atoms. The van der Waals surface area contributed by atoms with Crippen molar-refractivity contribution in [2.24, 2.45) is 0 Å². The molecule has 0 aliphatic carbocycles. The van der Waals surface area contributed by atoms with Gasteiger partial charge in [0, 0.05) is 18.5 Å². The number of urea groups is 1. The zero-order chi connectivity index (χ0) is 10.7. The van der Waals surface area contributed by atoms with Gasteiger partial charge >= 0.3 is 6.03 Å². The fourth-order valence-corrected chi connectivity index (χ4v) is 1.80. The highest BCUT2D eigenvalue weighted by molar-refractivity contribution is 5.67. The number of rotatable bonds is 2. The minimum atomic E-state index is -0.774. The molecule has 0 aromatic heterocycles. The molecule has 1 heterocycles. The van der Waals surface area contributed by atoms with E-state index < -0.39 is 10.7 Å². The standard InChI is InChI=1S/C11H14N2O2/c14-11-12-7-4-8-13(11,15)9-10-5-2-1-3-6-10/h1-3,5-6H,4,7-9H2,(H,12,14). The number of hydroxylamine groups is 3.